The third-order valence-corrected chi connectivity index (χ3v) is 6.32. The summed E-state index contributed by atoms with van der Waals surface area (Å²) in [6.07, 6.45) is 3.29. The van der Waals surface area contributed by atoms with Crippen molar-refractivity contribution in [1.82, 2.24) is 4.98 Å². The van der Waals surface area contributed by atoms with E-state index in [9.17, 15) is 18.4 Å². The summed E-state index contributed by atoms with van der Waals surface area (Å²) in [6, 6.07) is 20.5. The number of aromatic nitrogens is 1. The molecule has 0 saturated carbocycles. The number of hydrogen-bond acceptors (Lipinski definition) is 5. The number of nitrogens with one attached hydrogen (secondary N) is 1. The van der Waals surface area contributed by atoms with Crippen molar-refractivity contribution in [3.63, 3.8) is 0 Å². The quantitative estimate of drug-likeness (QED) is 0.265. The Labute approximate surface area is 221 Å². The molecule has 0 spiro atoms. The smallest absolute Gasteiger partial charge is 0.387 e. The highest BCUT2D eigenvalue weighted by molar-refractivity contribution is 6.30. The predicted octanol–water partition coefficient (Wildman–Crippen LogP) is 6.77. The molecule has 1 heterocycles. The molecule has 38 heavy (non-hydrogen) atoms. The van der Waals surface area contributed by atoms with Crippen molar-refractivity contribution in [2.75, 3.05) is 11.9 Å². The number of anilines is 1. The molecule has 1 N–H and O–H groups in total. The molecule has 0 bridgehead atoms. The van der Waals surface area contributed by atoms with Crippen LogP contribution in [-0.2, 0) is 16.0 Å². The lowest BCUT2D eigenvalue weighted by Gasteiger charge is -2.13. The van der Waals surface area contributed by atoms with Crippen molar-refractivity contribution >= 4 is 51.7 Å². The van der Waals surface area contributed by atoms with Gasteiger partial charge in [-0.15, -0.1) is 0 Å². The van der Waals surface area contributed by atoms with Gasteiger partial charge in [0.15, 0.2) is 6.61 Å². The van der Waals surface area contributed by atoms with Gasteiger partial charge in [0, 0.05) is 10.4 Å². The monoisotopic (exact) mass is 534 g/mol. The SMILES string of the molecule is O=C(COC(=O)c1c2c(nc3ccccc13)/C(=C/c1ccc(Cl)cc1)CC2)Nc1ccccc1OC(F)F. The molecule has 0 aliphatic heterocycles. The largest absolute Gasteiger partial charge is 0.452 e. The number of halogens is 3. The molecule has 1 amide bonds. The zero-order valence-electron chi connectivity index (χ0n) is 19.9. The number of benzene rings is 3. The fraction of sp³-hybridized carbons (Fsp3) is 0.138. The average molecular weight is 535 g/mol. The molecule has 0 radical (unpaired) electrons. The van der Waals surface area contributed by atoms with E-state index in [1.54, 1.807) is 18.2 Å². The maximum atomic E-state index is 13.3. The molecule has 1 aliphatic carbocycles. The minimum absolute atomic E-state index is 0.0427. The fourth-order valence-corrected chi connectivity index (χ4v) is 4.56. The summed E-state index contributed by atoms with van der Waals surface area (Å²) < 4.78 is 35.1. The lowest BCUT2D eigenvalue weighted by Crippen LogP contribution is -2.22. The Bertz CT molecular complexity index is 1550. The van der Waals surface area contributed by atoms with Gasteiger partial charge in [0.25, 0.3) is 5.91 Å². The highest BCUT2D eigenvalue weighted by Crippen LogP contribution is 2.38. The number of esters is 1. The number of pyridine rings is 1. The van der Waals surface area contributed by atoms with Gasteiger partial charge in [-0.1, -0.05) is 54.1 Å². The van der Waals surface area contributed by atoms with Gasteiger partial charge >= 0.3 is 12.6 Å². The molecular weight excluding hydrogens is 514 g/mol. The Hall–Kier alpha value is -4.30. The van der Waals surface area contributed by atoms with Crippen LogP contribution in [0.25, 0.3) is 22.6 Å². The van der Waals surface area contributed by atoms with Crippen LogP contribution in [0.5, 0.6) is 5.75 Å². The van der Waals surface area contributed by atoms with Gasteiger partial charge in [0.1, 0.15) is 5.75 Å². The molecule has 0 fully saturated rings. The zero-order valence-corrected chi connectivity index (χ0v) is 20.7. The van der Waals surface area contributed by atoms with E-state index in [1.165, 1.54) is 18.2 Å². The van der Waals surface area contributed by atoms with Crippen molar-refractivity contribution in [2.24, 2.45) is 0 Å². The molecule has 0 unspecified atom stereocenters. The minimum atomic E-state index is -3.05. The van der Waals surface area contributed by atoms with Gasteiger partial charge in [0.05, 0.1) is 22.5 Å². The predicted molar refractivity (Wildman–Crippen MR) is 141 cm³/mol. The standard InChI is InChI=1S/C29H21ClF2N2O4/c30-19-12-9-17(10-13-19)15-18-11-14-21-26(20-5-1-2-6-22(20)34-27(18)21)28(36)37-16-25(35)33-23-7-3-4-8-24(23)38-29(31)32/h1-10,12-13,15,29H,11,14,16H2,(H,33,35)/b18-15+. The van der Waals surface area contributed by atoms with Gasteiger partial charge in [-0.05, 0) is 65.9 Å². The molecule has 6 nitrogen and oxygen atoms in total. The first kappa shape index (κ1) is 25.4. The molecule has 1 aromatic heterocycles. The molecule has 4 aromatic rings. The number of ether oxygens (including phenoxy) is 2. The second kappa shape index (κ2) is 11.0. The number of alkyl halides is 2. The van der Waals surface area contributed by atoms with E-state index in [4.69, 9.17) is 21.3 Å². The van der Waals surface area contributed by atoms with Gasteiger partial charge in [-0.3, -0.25) is 4.79 Å². The van der Waals surface area contributed by atoms with Crippen LogP contribution in [0.4, 0.5) is 14.5 Å². The Morgan fingerprint density at radius 1 is 1.00 bits per heavy atom. The molecule has 0 atom stereocenters. The number of carbonyl (C=O) groups is 2. The van der Waals surface area contributed by atoms with E-state index >= 15 is 0 Å². The maximum Gasteiger partial charge on any atom is 0.387 e. The van der Waals surface area contributed by atoms with Crippen LogP contribution < -0.4 is 10.1 Å². The van der Waals surface area contributed by atoms with Gasteiger partial charge in [-0.25, -0.2) is 9.78 Å². The zero-order chi connectivity index (χ0) is 26.6. The number of carbonyl (C=O) groups excluding carboxylic acids is 2. The van der Waals surface area contributed by atoms with E-state index in [0.29, 0.717) is 40.0 Å². The lowest BCUT2D eigenvalue weighted by atomic mass is 10.0. The Morgan fingerprint density at radius 2 is 1.74 bits per heavy atom. The fourth-order valence-electron chi connectivity index (χ4n) is 4.43. The van der Waals surface area contributed by atoms with Crippen molar-refractivity contribution in [2.45, 2.75) is 19.5 Å². The van der Waals surface area contributed by atoms with Crippen LogP contribution in [0, 0.1) is 0 Å². The molecule has 3 aromatic carbocycles. The topological polar surface area (TPSA) is 77.5 Å². The van der Waals surface area contributed by atoms with Gasteiger partial charge in [-0.2, -0.15) is 8.78 Å². The van der Waals surface area contributed by atoms with Crippen molar-refractivity contribution in [3.8, 4) is 5.75 Å². The van der Waals surface area contributed by atoms with Gasteiger partial charge < -0.3 is 14.8 Å². The lowest BCUT2D eigenvalue weighted by molar-refractivity contribution is -0.119. The van der Waals surface area contributed by atoms with E-state index < -0.39 is 25.1 Å². The Kier molecular flexibility index (Phi) is 7.33. The molecule has 192 valence electrons. The van der Waals surface area contributed by atoms with Crippen molar-refractivity contribution < 1.29 is 27.8 Å². The third kappa shape index (κ3) is 5.50. The molecule has 5 rings (SSSR count). The maximum absolute atomic E-state index is 13.3. The minimum Gasteiger partial charge on any atom is -0.452 e. The summed E-state index contributed by atoms with van der Waals surface area (Å²) in [5, 5.41) is 3.71. The highest BCUT2D eigenvalue weighted by atomic mass is 35.5. The molecule has 0 saturated heterocycles. The number of hydrogen-bond donors (Lipinski definition) is 1. The summed E-state index contributed by atoms with van der Waals surface area (Å²) in [5.41, 5.74) is 4.45. The van der Waals surface area contributed by atoms with E-state index in [2.05, 4.69) is 10.1 Å². The number of para-hydroxylation sites is 3. The van der Waals surface area contributed by atoms with Crippen LogP contribution in [-0.4, -0.2) is 30.1 Å². The van der Waals surface area contributed by atoms with E-state index in [1.807, 2.05) is 42.5 Å². The summed E-state index contributed by atoms with van der Waals surface area (Å²) in [6.45, 7) is -3.66. The van der Waals surface area contributed by atoms with E-state index in [-0.39, 0.29) is 11.4 Å². The van der Waals surface area contributed by atoms with E-state index in [0.717, 1.165) is 16.7 Å². The number of allylic oxidation sites excluding steroid dienone is 1. The summed E-state index contributed by atoms with van der Waals surface area (Å²) in [4.78, 5) is 30.6. The molecule has 9 heteroatoms. The molecular formula is C29H21ClF2N2O4. The second-order valence-electron chi connectivity index (χ2n) is 8.55. The van der Waals surface area contributed by atoms with Crippen LogP contribution in [0.15, 0.2) is 72.8 Å². The number of nitrogens with zero attached hydrogens (tertiary/aromatic N) is 1. The average Bonchev–Trinajstić information content (AvgIpc) is 3.30. The molecule has 1 aliphatic rings. The van der Waals surface area contributed by atoms with Gasteiger partial charge in [0.2, 0.25) is 0 Å². The summed E-state index contributed by atoms with van der Waals surface area (Å²) >= 11 is 6.01. The second-order valence-corrected chi connectivity index (χ2v) is 8.99. The third-order valence-electron chi connectivity index (χ3n) is 6.07. The van der Waals surface area contributed by atoms with Crippen LogP contribution >= 0.6 is 11.6 Å². The number of fused-ring (bicyclic) bond motifs is 2. The first-order valence-electron chi connectivity index (χ1n) is 11.8. The summed E-state index contributed by atoms with van der Waals surface area (Å²) in [5.74, 6) is -1.55. The first-order valence-corrected chi connectivity index (χ1v) is 12.2. The van der Waals surface area contributed by atoms with Crippen LogP contribution in [0.3, 0.4) is 0 Å². The van der Waals surface area contributed by atoms with Crippen molar-refractivity contribution in [3.05, 3.63) is 100 Å². The summed E-state index contributed by atoms with van der Waals surface area (Å²) in [7, 11) is 0. The normalized spacial score (nSPS) is 13.5. The Morgan fingerprint density at radius 3 is 2.53 bits per heavy atom. The first-order chi connectivity index (χ1) is 18.4. The van der Waals surface area contributed by atoms with Crippen molar-refractivity contribution in [1.29, 1.82) is 0 Å². The van der Waals surface area contributed by atoms with Crippen LogP contribution in [0.2, 0.25) is 5.02 Å². The number of amides is 1. The number of rotatable bonds is 7. The Balaban J connectivity index is 1.39. The highest BCUT2D eigenvalue weighted by Gasteiger charge is 2.28. The van der Waals surface area contributed by atoms with Crippen LogP contribution in [0.1, 0.15) is 33.6 Å².